The van der Waals surface area contributed by atoms with Gasteiger partial charge in [-0.2, -0.15) is 0 Å². The van der Waals surface area contributed by atoms with E-state index in [4.69, 9.17) is 0 Å². The summed E-state index contributed by atoms with van der Waals surface area (Å²) in [6.07, 6.45) is 0. The number of aromatic nitrogens is 1. The Morgan fingerprint density at radius 1 is 0.202 bits per heavy atom. The van der Waals surface area contributed by atoms with Gasteiger partial charge in [-0.05, 0) is 225 Å². The molecule has 414 valence electrons. The second-order valence-electron chi connectivity index (χ2n) is 25.2. The molecule has 1 heterocycles. The number of hydrogen-bond donors (Lipinski definition) is 0. The third kappa shape index (κ3) is 6.96. The van der Waals surface area contributed by atoms with Crippen LogP contribution < -0.4 is 0 Å². The van der Waals surface area contributed by atoms with Crippen LogP contribution in [0.4, 0.5) is 0 Å². The van der Waals surface area contributed by atoms with Gasteiger partial charge in [0, 0.05) is 16.5 Å². The Balaban J connectivity index is 0.799. The first-order valence-electron chi connectivity index (χ1n) is 31.3. The van der Waals surface area contributed by atoms with E-state index in [2.05, 4.69) is 328 Å². The van der Waals surface area contributed by atoms with E-state index in [1.54, 1.807) is 0 Å². The van der Waals surface area contributed by atoms with Crippen LogP contribution in [0.25, 0.3) is 128 Å². The van der Waals surface area contributed by atoms with Gasteiger partial charge in [0.1, 0.15) is 0 Å². The lowest BCUT2D eigenvalue weighted by atomic mass is 9.70. The van der Waals surface area contributed by atoms with Crippen LogP contribution in [0.5, 0.6) is 0 Å². The molecule has 1 aromatic heterocycles. The van der Waals surface area contributed by atoms with E-state index in [0.717, 1.165) is 5.69 Å². The molecule has 0 radical (unpaired) electrons. The van der Waals surface area contributed by atoms with Crippen molar-refractivity contribution in [3.8, 4) is 106 Å². The van der Waals surface area contributed by atoms with Crippen molar-refractivity contribution in [1.29, 1.82) is 0 Å². The molecular weight excluding hydrogens is 1070 g/mol. The van der Waals surface area contributed by atoms with Gasteiger partial charge in [0.2, 0.25) is 0 Å². The molecule has 4 aliphatic rings. The maximum absolute atomic E-state index is 2.52. The Morgan fingerprint density at radius 3 is 0.888 bits per heavy atom. The van der Waals surface area contributed by atoms with Crippen LogP contribution in [-0.2, 0) is 10.8 Å². The largest absolute Gasteiger partial charge is 0.309 e. The van der Waals surface area contributed by atoms with Gasteiger partial charge in [-0.15, -0.1) is 0 Å². The molecule has 0 bridgehead atoms. The second-order valence-corrected chi connectivity index (χ2v) is 25.2. The number of nitrogens with zero attached hydrogens (tertiary/aromatic N) is 1. The smallest absolute Gasteiger partial charge is 0.0725 e. The number of rotatable bonds is 6. The minimum Gasteiger partial charge on any atom is -0.309 e. The lowest BCUT2D eigenvalue weighted by Gasteiger charge is -2.30. The molecule has 1 heteroatoms. The molecule has 1 nitrogen and oxygen atoms in total. The molecule has 0 unspecified atom stereocenters. The molecule has 0 saturated carbocycles. The highest BCUT2D eigenvalue weighted by Crippen LogP contribution is 2.65. The third-order valence-electron chi connectivity index (χ3n) is 20.5. The van der Waals surface area contributed by atoms with Crippen LogP contribution >= 0.6 is 0 Å². The minimum absolute atomic E-state index is 0.432. The molecule has 0 saturated heterocycles. The first-order chi connectivity index (χ1) is 43.9. The molecule has 0 N–H and O–H groups in total. The van der Waals surface area contributed by atoms with E-state index in [-0.39, 0.29) is 0 Å². The number of hydrogen-bond acceptors (Lipinski definition) is 0. The summed E-state index contributed by atoms with van der Waals surface area (Å²) >= 11 is 0. The second kappa shape index (κ2) is 18.7. The van der Waals surface area contributed by atoms with Crippen LogP contribution in [-0.4, -0.2) is 4.57 Å². The van der Waals surface area contributed by atoms with Gasteiger partial charge < -0.3 is 4.57 Å². The van der Waals surface area contributed by atoms with Gasteiger partial charge in [-0.3, -0.25) is 0 Å². The molecule has 0 fully saturated rings. The maximum Gasteiger partial charge on any atom is 0.0725 e. The Labute approximate surface area is 518 Å². The summed E-state index contributed by atoms with van der Waals surface area (Å²) in [5, 5.41) is 2.44. The Morgan fingerprint density at radius 2 is 0.494 bits per heavy atom. The van der Waals surface area contributed by atoms with E-state index in [1.807, 2.05) is 0 Å². The van der Waals surface area contributed by atoms with Crippen molar-refractivity contribution in [2.24, 2.45) is 0 Å². The summed E-state index contributed by atoms with van der Waals surface area (Å²) in [5.41, 5.74) is 38.5. The van der Waals surface area contributed by atoms with E-state index in [1.165, 1.54) is 178 Å². The van der Waals surface area contributed by atoms with E-state index >= 15 is 0 Å². The van der Waals surface area contributed by atoms with E-state index in [9.17, 15) is 0 Å². The van der Waals surface area contributed by atoms with Crippen molar-refractivity contribution >= 4 is 21.8 Å². The highest BCUT2D eigenvalue weighted by molar-refractivity contribution is 6.12. The molecule has 15 aromatic rings. The third-order valence-corrected chi connectivity index (χ3v) is 20.5. The zero-order valence-electron chi connectivity index (χ0n) is 49.4. The highest BCUT2D eigenvalue weighted by atomic mass is 15.0. The normalized spacial score (nSPS) is 13.7. The molecule has 0 atom stereocenters. The van der Waals surface area contributed by atoms with Crippen molar-refractivity contribution in [1.82, 2.24) is 4.57 Å². The standard InChI is InChI=1S/C88H57N/c1-54-44-55(2)46-62(45-54)65-48-63(56-18-4-3-5-19-56)47-64(49-65)57-32-38-66(39-33-57)89-85-42-36-58(60-34-40-73-71-24-10-16-30-81(71)87(83(73)52-60)77-26-12-6-20-67(77)68-21-7-13-27-78(68)87)50-75(85)76-51-59(37-43-86(76)89)61-35-41-74-72-25-11-17-31-82(72)88(84(74)53-61)79-28-14-8-22-69(79)70-23-9-15-29-80(70)88/h3-53H,1-2H3. The monoisotopic (exact) mass is 1130 g/mol. The SMILES string of the molecule is Cc1cc(C)cc(-c2cc(-c3ccccc3)cc(-c3ccc(-n4c5ccc(-c6ccc7c(c6)C6(c8ccccc8-c8ccccc86)c6ccccc6-7)cc5c5cc(-c6ccc7c(c6)C6(c8ccccc8-c8ccccc86)c6ccccc6-7)ccc54)cc3)c2)c1. The Kier molecular flexibility index (Phi) is 10.5. The summed E-state index contributed by atoms with van der Waals surface area (Å²) < 4.78 is 2.49. The summed E-state index contributed by atoms with van der Waals surface area (Å²) in [7, 11) is 0. The van der Waals surface area contributed by atoms with Gasteiger partial charge >= 0.3 is 0 Å². The number of fused-ring (bicyclic) bond motifs is 23. The number of aryl methyl sites for hydroxylation is 2. The van der Waals surface area contributed by atoms with Gasteiger partial charge in [0.05, 0.1) is 21.9 Å². The highest BCUT2D eigenvalue weighted by Gasteiger charge is 2.53. The fraction of sp³-hybridized carbons (Fsp3) is 0.0455. The van der Waals surface area contributed by atoms with Crippen molar-refractivity contribution in [3.05, 3.63) is 365 Å². The molecule has 0 amide bonds. The maximum atomic E-state index is 2.52. The topological polar surface area (TPSA) is 4.93 Å². The van der Waals surface area contributed by atoms with Gasteiger partial charge in [-0.1, -0.05) is 254 Å². The first-order valence-corrected chi connectivity index (χ1v) is 31.3. The van der Waals surface area contributed by atoms with E-state index in [0.29, 0.717) is 0 Å². The average molecular weight is 1130 g/mol. The van der Waals surface area contributed by atoms with Crippen molar-refractivity contribution < 1.29 is 0 Å². The fourth-order valence-electron chi connectivity index (χ4n) is 16.9. The fourth-order valence-corrected chi connectivity index (χ4v) is 16.9. The molecule has 89 heavy (non-hydrogen) atoms. The summed E-state index contributed by atoms with van der Waals surface area (Å²) in [4.78, 5) is 0. The van der Waals surface area contributed by atoms with Crippen molar-refractivity contribution in [2.75, 3.05) is 0 Å². The Hall–Kier alpha value is -11.1. The predicted octanol–water partition coefficient (Wildman–Crippen LogP) is 22.4. The van der Waals surface area contributed by atoms with Crippen LogP contribution in [0.2, 0.25) is 0 Å². The number of benzene rings is 14. The first kappa shape index (κ1) is 50.1. The quantitative estimate of drug-likeness (QED) is 0.156. The molecule has 4 aliphatic carbocycles. The molecule has 2 spiro atoms. The van der Waals surface area contributed by atoms with Gasteiger partial charge in [0.15, 0.2) is 0 Å². The van der Waals surface area contributed by atoms with Crippen LogP contribution in [0, 0.1) is 13.8 Å². The lowest BCUT2D eigenvalue weighted by molar-refractivity contribution is 0.794. The van der Waals surface area contributed by atoms with Crippen LogP contribution in [0.1, 0.15) is 55.6 Å². The zero-order chi connectivity index (χ0) is 58.7. The average Bonchev–Trinajstić information content (AvgIpc) is 1.53. The van der Waals surface area contributed by atoms with Crippen LogP contribution in [0.3, 0.4) is 0 Å². The zero-order valence-corrected chi connectivity index (χ0v) is 49.4. The van der Waals surface area contributed by atoms with Crippen molar-refractivity contribution in [3.63, 3.8) is 0 Å². The molecule has 0 aliphatic heterocycles. The minimum atomic E-state index is -0.432. The summed E-state index contributed by atoms with van der Waals surface area (Å²) in [6, 6.07) is 118. The summed E-state index contributed by atoms with van der Waals surface area (Å²) in [6.45, 7) is 4.39. The van der Waals surface area contributed by atoms with Crippen LogP contribution in [0.15, 0.2) is 309 Å². The van der Waals surface area contributed by atoms with Gasteiger partial charge in [0.25, 0.3) is 0 Å². The van der Waals surface area contributed by atoms with E-state index < -0.39 is 10.8 Å². The Bertz CT molecular complexity index is 5120. The molecule has 14 aromatic carbocycles. The summed E-state index contributed by atoms with van der Waals surface area (Å²) in [5.74, 6) is 0. The lowest BCUT2D eigenvalue weighted by Crippen LogP contribution is -2.25. The van der Waals surface area contributed by atoms with Crippen molar-refractivity contribution in [2.45, 2.75) is 24.7 Å². The van der Waals surface area contributed by atoms with Gasteiger partial charge in [-0.25, -0.2) is 0 Å². The predicted molar refractivity (Wildman–Crippen MR) is 370 cm³/mol. The molecule has 19 rings (SSSR count). The molecular formula is C88H57N.